The van der Waals surface area contributed by atoms with E-state index in [9.17, 15) is 4.79 Å². The van der Waals surface area contributed by atoms with E-state index in [0.29, 0.717) is 25.3 Å². The first-order valence-electron chi connectivity index (χ1n) is 8.27. The first-order chi connectivity index (χ1) is 11.8. The van der Waals surface area contributed by atoms with E-state index in [1.54, 1.807) is 18.4 Å². The number of hydrogen-bond donors (Lipinski definition) is 0. The van der Waals surface area contributed by atoms with Crippen molar-refractivity contribution < 1.29 is 14.3 Å². The van der Waals surface area contributed by atoms with E-state index in [1.807, 2.05) is 40.6 Å². The minimum atomic E-state index is 0.0526. The highest BCUT2D eigenvalue weighted by Gasteiger charge is 2.24. The van der Waals surface area contributed by atoms with Crippen LogP contribution in [0.25, 0.3) is 0 Å². The molecule has 5 heteroatoms. The fourth-order valence-electron chi connectivity index (χ4n) is 2.99. The molecule has 1 atom stereocenters. The van der Waals surface area contributed by atoms with Crippen molar-refractivity contribution in [2.75, 3.05) is 20.3 Å². The average molecular weight is 345 g/mol. The van der Waals surface area contributed by atoms with Crippen LogP contribution in [0.1, 0.15) is 33.6 Å². The molecule has 0 bridgehead atoms. The second kappa shape index (κ2) is 8.42. The van der Waals surface area contributed by atoms with Crippen molar-refractivity contribution in [3.63, 3.8) is 0 Å². The quantitative estimate of drug-likeness (QED) is 0.768. The molecule has 1 aromatic heterocycles. The van der Waals surface area contributed by atoms with Gasteiger partial charge in [0, 0.05) is 30.7 Å². The largest absolute Gasteiger partial charge is 0.380 e. The Morgan fingerprint density at radius 1 is 1.38 bits per heavy atom. The number of nitrogens with zero attached hydrogens (tertiary/aromatic N) is 1. The molecule has 2 aromatic rings. The third-order valence-electron chi connectivity index (χ3n) is 4.15. The highest BCUT2D eigenvalue weighted by atomic mass is 32.1. The van der Waals surface area contributed by atoms with Crippen LogP contribution >= 0.6 is 11.3 Å². The van der Waals surface area contributed by atoms with Gasteiger partial charge in [-0.3, -0.25) is 4.79 Å². The second-order valence-corrected chi connectivity index (χ2v) is 7.07. The summed E-state index contributed by atoms with van der Waals surface area (Å²) in [5.74, 6) is 0.0526. The van der Waals surface area contributed by atoms with Crippen molar-refractivity contribution in [3.05, 3.63) is 57.8 Å². The van der Waals surface area contributed by atoms with Gasteiger partial charge in [0.15, 0.2) is 0 Å². The Kier molecular flexibility index (Phi) is 6.01. The molecule has 3 rings (SSSR count). The number of carbonyl (C=O) groups excluding carboxylic acids is 1. The lowest BCUT2D eigenvalue weighted by Crippen LogP contribution is -2.36. The molecule has 1 aliphatic heterocycles. The molecular weight excluding hydrogens is 322 g/mol. The van der Waals surface area contributed by atoms with E-state index in [2.05, 4.69) is 6.07 Å². The summed E-state index contributed by atoms with van der Waals surface area (Å²) in [7, 11) is 1.66. The van der Waals surface area contributed by atoms with Gasteiger partial charge in [-0.05, 0) is 42.0 Å². The number of amides is 1. The summed E-state index contributed by atoms with van der Waals surface area (Å²) >= 11 is 1.68. The monoisotopic (exact) mass is 345 g/mol. The molecule has 128 valence electrons. The third kappa shape index (κ3) is 4.44. The number of hydrogen-bond acceptors (Lipinski definition) is 4. The van der Waals surface area contributed by atoms with Crippen LogP contribution in [-0.2, 0) is 22.6 Å². The van der Waals surface area contributed by atoms with Crippen LogP contribution in [0.5, 0.6) is 0 Å². The van der Waals surface area contributed by atoms with Crippen LogP contribution in [0.15, 0.2) is 41.8 Å². The maximum absolute atomic E-state index is 13.0. The predicted octanol–water partition coefficient (Wildman–Crippen LogP) is 3.72. The number of ether oxygens (including phenoxy) is 2. The maximum Gasteiger partial charge on any atom is 0.254 e. The van der Waals surface area contributed by atoms with Gasteiger partial charge in [-0.15, -0.1) is 11.3 Å². The van der Waals surface area contributed by atoms with Crippen molar-refractivity contribution in [1.82, 2.24) is 4.90 Å². The smallest absolute Gasteiger partial charge is 0.254 e. The van der Waals surface area contributed by atoms with Crippen molar-refractivity contribution in [1.29, 1.82) is 0 Å². The van der Waals surface area contributed by atoms with E-state index in [1.165, 1.54) is 4.88 Å². The molecule has 24 heavy (non-hydrogen) atoms. The Morgan fingerprint density at radius 2 is 2.29 bits per heavy atom. The average Bonchev–Trinajstić information content (AvgIpc) is 3.28. The van der Waals surface area contributed by atoms with Crippen LogP contribution in [0.4, 0.5) is 0 Å². The van der Waals surface area contributed by atoms with Gasteiger partial charge >= 0.3 is 0 Å². The van der Waals surface area contributed by atoms with Gasteiger partial charge in [0.2, 0.25) is 0 Å². The minimum Gasteiger partial charge on any atom is -0.380 e. The van der Waals surface area contributed by atoms with Crippen molar-refractivity contribution in [3.8, 4) is 0 Å². The van der Waals surface area contributed by atoms with Crippen molar-refractivity contribution >= 4 is 17.2 Å². The fourth-order valence-corrected chi connectivity index (χ4v) is 3.71. The number of carbonyl (C=O) groups is 1. The Balaban J connectivity index is 1.77. The van der Waals surface area contributed by atoms with Gasteiger partial charge in [0.1, 0.15) is 0 Å². The topological polar surface area (TPSA) is 38.8 Å². The Hall–Kier alpha value is -1.69. The maximum atomic E-state index is 13.0. The van der Waals surface area contributed by atoms with Gasteiger partial charge in [0.25, 0.3) is 5.91 Å². The molecule has 1 amide bonds. The predicted molar refractivity (Wildman–Crippen MR) is 95.2 cm³/mol. The van der Waals surface area contributed by atoms with E-state index in [4.69, 9.17) is 9.47 Å². The van der Waals surface area contributed by atoms with E-state index < -0.39 is 0 Å². The molecule has 1 aliphatic rings. The molecule has 4 nitrogen and oxygen atoms in total. The van der Waals surface area contributed by atoms with E-state index in [-0.39, 0.29) is 12.0 Å². The molecule has 0 spiro atoms. The lowest BCUT2D eigenvalue weighted by Gasteiger charge is -2.25. The summed E-state index contributed by atoms with van der Waals surface area (Å²) in [6.07, 6.45) is 2.25. The fraction of sp³-hybridized carbons (Fsp3) is 0.421. The van der Waals surface area contributed by atoms with Crippen LogP contribution in [-0.4, -0.2) is 37.2 Å². The van der Waals surface area contributed by atoms with E-state index >= 15 is 0 Å². The first kappa shape index (κ1) is 17.1. The zero-order chi connectivity index (χ0) is 16.8. The summed E-state index contributed by atoms with van der Waals surface area (Å²) in [4.78, 5) is 16.1. The normalized spacial score (nSPS) is 17.1. The first-order valence-corrected chi connectivity index (χ1v) is 9.15. The minimum absolute atomic E-state index is 0.0526. The van der Waals surface area contributed by atoms with E-state index in [0.717, 1.165) is 25.0 Å². The molecule has 0 radical (unpaired) electrons. The summed E-state index contributed by atoms with van der Waals surface area (Å²) < 4.78 is 10.9. The SMILES string of the molecule is COCc1cccc(C(=O)N(Cc2cccs2)CC2CCCO2)c1. The summed E-state index contributed by atoms with van der Waals surface area (Å²) in [5, 5.41) is 2.04. The Morgan fingerprint density at radius 3 is 3.00 bits per heavy atom. The summed E-state index contributed by atoms with van der Waals surface area (Å²) in [5.41, 5.74) is 1.72. The Labute approximate surface area is 147 Å². The molecule has 1 aromatic carbocycles. The highest BCUT2D eigenvalue weighted by Crippen LogP contribution is 2.19. The molecule has 0 saturated carbocycles. The standard InChI is InChI=1S/C19H23NO3S/c1-22-14-15-5-2-6-16(11-15)19(21)20(12-17-7-3-9-23-17)13-18-8-4-10-24-18/h2,4-6,8,10-11,17H,3,7,9,12-14H2,1H3. The van der Waals surface area contributed by atoms with Gasteiger partial charge in [-0.2, -0.15) is 0 Å². The number of methoxy groups -OCH3 is 1. The molecule has 1 fully saturated rings. The number of benzene rings is 1. The second-order valence-electron chi connectivity index (χ2n) is 6.03. The molecular formula is C19H23NO3S. The highest BCUT2D eigenvalue weighted by molar-refractivity contribution is 7.09. The molecule has 1 unspecified atom stereocenters. The Bertz CT molecular complexity index is 650. The molecule has 2 heterocycles. The lowest BCUT2D eigenvalue weighted by atomic mass is 10.1. The molecule has 1 saturated heterocycles. The molecule has 0 N–H and O–H groups in total. The van der Waals surface area contributed by atoms with Gasteiger partial charge < -0.3 is 14.4 Å². The van der Waals surface area contributed by atoms with Gasteiger partial charge in [-0.25, -0.2) is 0 Å². The van der Waals surface area contributed by atoms with Crippen LogP contribution in [0.2, 0.25) is 0 Å². The van der Waals surface area contributed by atoms with Crippen LogP contribution in [0, 0.1) is 0 Å². The van der Waals surface area contributed by atoms with Gasteiger partial charge in [0.05, 0.1) is 19.3 Å². The zero-order valence-corrected chi connectivity index (χ0v) is 14.8. The van der Waals surface area contributed by atoms with Crippen molar-refractivity contribution in [2.24, 2.45) is 0 Å². The number of rotatable bonds is 7. The third-order valence-corrected chi connectivity index (χ3v) is 5.01. The van der Waals surface area contributed by atoms with Gasteiger partial charge in [-0.1, -0.05) is 18.2 Å². The van der Waals surface area contributed by atoms with Crippen LogP contribution < -0.4 is 0 Å². The summed E-state index contributed by atoms with van der Waals surface area (Å²) in [6.45, 7) is 2.59. The molecule has 0 aliphatic carbocycles. The van der Waals surface area contributed by atoms with Crippen LogP contribution in [0.3, 0.4) is 0 Å². The lowest BCUT2D eigenvalue weighted by molar-refractivity contribution is 0.0509. The zero-order valence-electron chi connectivity index (χ0n) is 13.9. The van der Waals surface area contributed by atoms with Crippen molar-refractivity contribution in [2.45, 2.75) is 32.1 Å². The number of thiophene rings is 1. The summed E-state index contributed by atoms with van der Waals surface area (Å²) in [6, 6.07) is 11.8.